The van der Waals surface area contributed by atoms with Crippen LogP contribution in [0.5, 0.6) is 0 Å². The Kier molecular flexibility index (Phi) is 5.17. The van der Waals surface area contributed by atoms with Crippen LogP contribution in [0, 0.1) is 12.7 Å². The molecule has 1 N–H and O–H groups in total. The van der Waals surface area contributed by atoms with Gasteiger partial charge in [-0.25, -0.2) is 9.37 Å². The van der Waals surface area contributed by atoms with Crippen molar-refractivity contribution in [1.29, 1.82) is 0 Å². The van der Waals surface area contributed by atoms with Crippen LogP contribution >= 0.6 is 0 Å². The normalized spacial score (nSPS) is 10.8. The summed E-state index contributed by atoms with van der Waals surface area (Å²) >= 11 is 0. The van der Waals surface area contributed by atoms with Gasteiger partial charge < -0.3 is 14.4 Å². The molecule has 130 valence electrons. The largest absolute Gasteiger partial charge is 0.345 e. The zero-order valence-corrected chi connectivity index (χ0v) is 13.8. The molecule has 7 nitrogen and oxygen atoms in total. The van der Waals surface area contributed by atoms with E-state index in [1.54, 1.807) is 18.3 Å². The Morgan fingerprint density at radius 3 is 2.84 bits per heavy atom. The number of amides is 1. The molecule has 3 rings (SSSR count). The number of carbonyl (C=O) groups excluding carboxylic acids is 1. The second kappa shape index (κ2) is 7.69. The summed E-state index contributed by atoms with van der Waals surface area (Å²) in [6.07, 6.45) is 5.05. The fourth-order valence-electron chi connectivity index (χ4n) is 2.35. The van der Waals surface area contributed by atoms with Crippen molar-refractivity contribution >= 4 is 5.91 Å². The fraction of sp³-hybridized carbons (Fsp3) is 0.294. The molecule has 0 atom stereocenters. The summed E-state index contributed by atoms with van der Waals surface area (Å²) in [7, 11) is 0. The van der Waals surface area contributed by atoms with Crippen molar-refractivity contribution in [1.82, 2.24) is 25.0 Å². The van der Waals surface area contributed by atoms with Gasteiger partial charge >= 0.3 is 0 Å². The van der Waals surface area contributed by atoms with E-state index in [0.717, 1.165) is 24.4 Å². The molecule has 0 aliphatic heterocycles. The van der Waals surface area contributed by atoms with Gasteiger partial charge in [0.15, 0.2) is 0 Å². The number of imidazole rings is 1. The lowest BCUT2D eigenvalue weighted by Crippen LogP contribution is -2.24. The first-order valence-electron chi connectivity index (χ1n) is 7.95. The van der Waals surface area contributed by atoms with E-state index in [9.17, 15) is 9.18 Å². The van der Waals surface area contributed by atoms with Crippen molar-refractivity contribution < 1.29 is 13.7 Å². The zero-order chi connectivity index (χ0) is 17.6. The highest BCUT2D eigenvalue weighted by Gasteiger charge is 2.14. The van der Waals surface area contributed by atoms with Crippen LogP contribution in [0.25, 0.3) is 0 Å². The SMILES string of the molecule is Cc1nccn1CCCc1nc(C(=O)NCc2ccc(F)cc2)no1. The minimum absolute atomic E-state index is 0.00377. The monoisotopic (exact) mass is 343 g/mol. The molecular weight excluding hydrogens is 325 g/mol. The molecule has 0 spiro atoms. The van der Waals surface area contributed by atoms with Crippen LogP contribution in [0.3, 0.4) is 0 Å². The van der Waals surface area contributed by atoms with Crippen molar-refractivity contribution in [2.45, 2.75) is 32.9 Å². The Hall–Kier alpha value is -3.03. The summed E-state index contributed by atoms with van der Waals surface area (Å²) in [6, 6.07) is 5.90. The predicted molar refractivity (Wildman–Crippen MR) is 87.2 cm³/mol. The van der Waals surface area contributed by atoms with Gasteiger partial charge in [-0.3, -0.25) is 4.79 Å². The highest BCUT2D eigenvalue weighted by molar-refractivity contribution is 5.90. The summed E-state index contributed by atoms with van der Waals surface area (Å²) in [4.78, 5) is 20.3. The van der Waals surface area contributed by atoms with E-state index >= 15 is 0 Å². The van der Waals surface area contributed by atoms with E-state index in [4.69, 9.17) is 4.52 Å². The number of hydrogen-bond donors (Lipinski definition) is 1. The Morgan fingerprint density at radius 2 is 2.12 bits per heavy atom. The first-order chi connectivity index (χ1) is 12.1. The molecule has 2 aromatic heterocycles. The van der Waals surface area contributed by atoms with Gasteiger partial charge in [0.1, 0.15) is 11.6 Å². The fourth-order valence-corrected chi connectivity index (χ4v) is 2.35. The van der Waals surface area contributed by atoms with Crippen molar-refractivity contribution in [2.24, 2.45) is 0 Å². The minimum Gasteiger partial charge on any atom is -0.345 e. The molecule has 0 radical (unpaired) electrons. The minimum atomic E-state index is -0.426. The maximum atomic E-state index is 12.8. The molecule has 0 saturated heterocycles. The Bertz CT molecular complexity index is 841. The van der Waals surface area contributed by atoms with Crippen molar-refractivity contribution in [3.8, 4) is 0 Å². The third-order valence-electron chi connectivity index (χ3n) is 3.75. The van der Waals surface area contributed by atoms with Gasteiger partial charge in [0.05, 0.1) is 0 Å². The number of hydrogen-bond acceptors (Lipinski definition) is 5. The first-order valence-corrected chi connectivity index (χ1v) is 7.95. The van der Waals surface area contributed by atoms with Gasteiger partial charge in [0.2, 0.25) is 5.89 Å². The quantitative estimate of drug-likeness (QED) is 0.711. The average Bonchev–Trinajstić information content (AvgIpc) is 3.24. The van der Waals surface area contributed by atoms with Crippen LogP contribution in [0.4, 0.5) is 4.39 Å². The number of nitrogens with zero attached hydrogens (tertiary/aromatic N) is 4. The lowest BCUT2D eigenvalue weighted by Gasteiger charge is -2.02. The Morgan fingerprint density at radius 1 is 1.32 bits per heavy atom. The number of halogens is 1. The summed E-state index contributed by atoms with van der Waals surface area (Å²) in [5, 5.41) is 6.37. The molecule has 0 saturated carbocycles. The number of benzene rings is 1. The van der Waals surface area contributed by atoms with E-state index in [1.807, 2.05) is 17.7 Å². The molecule has 2 heterocycles. The topological polar surface area (TPSA) is 85.8 Å². The van der Waals surface area contributed by atoms with Gasteiger partial charge in [-0.05, 0) is 31.0 Å². The van der Waals surface area contributed by atoms with Gasteiger partial charge in [0.25, 0.3) is 11.7 Å². The van der Waals surface area contributed by atoms with Crippen molar-refractivity contribution in [3.63, 3.8) is 0 Å². The van der Waals surface area contributed by atoms with Crippen molar-refractivity contribution in [3.05, 3.63) is 65.6 Å². The van der Waals surface area contributed by atoms with Gasteiger partial charge in [-0.1, -0.05) is 17.3 Å². The lowest BCUT2D eigenvalue weighted by molar-refractivity contribution is 0.0937. The third kappa shape index (κ3) is 4.50. The summed E-state index contributed by atoms with van der Waals surface area (Å²) in [5.41, 5.74) is 0.786. The van der Waals surface area contributed by atoms with E-state index in [2.05, 4.69) is 20.4 Å². The van der Waals surface area contributed by atoms with Crippen LogP contribution in [-0.4, -0.2) is 25.6 Å². The summed E-state index contributed by atoms with van der Waals surface area (Å²) < 4.78 is 20.0. The Balaban J connectivity index is 1.47. The number of carbonyl (C=O) groups is 1. The highest BCUT2D eigenvalue weighted by Crippen LogP contribution is 2.06. The molecule has 25 heavy (non-hydrogen) atoms. The van der Waals surface area contributed by atoms with Crippen LogP contribution in [0.1, 0.15) is 34.3 Å². The first kappa shape index (κ1) is 16.8. The lowest BCUT2D eigenvalue weighted by atomic mass is 10.2. The summed E-state index contributed by atoms with van der Waals surface area (Å²) in [5.74, 6) is 0.626. The molecular formula is C17H18FN5O2. The van der Waals surface area contributed by atoms with Crippen LogP contribution in [-0.2, 0) is 19.5 Å². The number of aromatic nitrogens is 4. The van der Waals surface area contributed by atoms with Gasteiger partial charge in [0, 0.05) is 31.9 Å². The third-order valence-corrected chi connectivity index (χ3v) is 3.75. The average molecular weight is 343 g/mol. The molecule has 8 heteroatoms. The molecule has 1 aromatic carbocycles. The van der Waals surface area contributed by atoms with Crippen LogP contribution in [0.2, 0.25) is 0 Å². The van der Waals surface area contributed by atoms with Crippen molar-refractivity contribution in [2.75, 3.05) is 0 Å². The highest BCUT2D eigenvalue weighted by atomic mass is 19.1. The van der Waals surface area contributed by atoms with E-state index in [-0.39, 0.29) is 18.2 Å². The predicted octanol–water partition coefficient (Wildman–Crippen LogP) is 2.28. The smallest absolute Gasteiger partial charge is 0.292 e. The van der Waals surface area contributed by atoms with E-state index < -0.39 is 5.91 Å². The molecule has 0 aliphatic rings. The van der Waals surface area contributed by atoms with Gasteiger partial charge in [-0.2, -0.15) is 4.98 Å². The molecule has 1 amide bonds. The zero-order valence-electron chi connectivity index (χ0n) is 13.8. The van der Waals surface area contributed by atoms with Crippen LogP contribution < -0.4 is 5.32 Å². The molecule has 3 aromatic rings. The van der Waals surface area contributed by atoms with Crippen LogP contribution in [0.15, 0.2) is 41.2 Å². The van der Waals surface area contributed by atoms with Gasteiger partial charge in [-0.15, -0.1) is 0 Å². The molecule has 0 aliphatic carbocycles. The second-order valence-electron chi connectivity index (χ2n) is 5.59. The van der Waals surface area contributed by atoms with E-state index in [0.29, 0.717) is 12.3 Å². The standard InChI is InChI=1S/C17H18FN5O2/c1-12-19-8-10-23(12)9-2-3-15-21-16(22-25-15)17(24)20-11-13-4-6-14(18)7-5-13/h4-8,10H,2-3,9,11H2,1H3,(H,20,24). The number of rotatable bonds is 7. The maximum Gasteiger partial charge on any atom is 0.292 e. The molecule has 0 fully saturated rings. The summed E-state index contributed by atoms with van der Waals surface area (Å²) in [6.45, 7) is 3.00. The number of nitrogens with one attached hydrogen (secondary N) is 1. The number of aryl methyl sites for hydroxylation is 3. The molecule has 0 bridgehead atoms. The van der Waals surface area contributed by atoms with E-state index in [1.165, 1.54) is 12.1 Å². The maximum absolute atomic E-state index is 12.8. The second-order valence-corrected chi connectivity index (χ2v) is 5.59. The molecule has 0 unspecified atom stereocenters. The Labute approximate surface area is 143 Å².